The van der Waals surface area contributed by atoms with E-state index in [1.165, 1.54) is 6.20 Å². The van der Waals surface area contributed by atoms with Gasteiger partial charge in [0.15, 0.2) is 5.65 Å². The number of aryl methyl sites for hydroxylation is 1. The molecule has 3 aromatic rings. The fourth-order valence-electron chi connectivity index (χ4n) is 2.23. The summed E-state index contributed by atoms with van der Waals surface area (Å²) in [5.41, 5.74) is 1.09. The molecule has 0 amide bonds. The summed E-state index contributed by atoms with van der Waals surface area (Å²) in [6.07, 6.45) is 1.49. The number of halogens is 2. The number of benzene rings is 1. The van der Waals surface area contributed by atoms with Gasteiger partial charge in [-0.2, -0.15) is 10.1 Å². The van der Waals surface area contributed by atoms with E-state index in [4.69, 9.17) is 23.2 Å². The minimum Gasteiger partial charge on any atom is -0.349 e. The lowest BCUT2D eigenvalue weighted by molar-refractivity contribution is 0.782. The maximum absolute atomic E-state index is 12.0. The Morgan fingerprint density at radius 1 is 1.36 bits per heavy atom. The van der Waals surface area contributed by atoms with Gasteiger partial charge < -0.3 is 5.32 Å². The summed E-state index contributed by atoms with van der Waals surface area (Å²) in [5, 5.41) is 8.78. The van der Waals surface area contributed by atoms with Crippen LogP contribution in [0.4, 0.5) is 5.95 Å². The van der Waals surface area contributed by atoms with Crippen LogP contribution in [-0.2, 0) is 7.05 Å². The Kier molecular flexibility index (Phi) is 3.80. The van der Waals surface area contributed by atoms with Crippen molar-refractivity contribution in [2.45, 2.75) is 13.0 Å². The van der Waals surface area contributed by atoms with E-state index in [0.29, 0.717) is 27.0 Å². The van der Waals surface area contributed by atoms with Crippen LogP contribution < -0.4 is 10.9 Å². The third kappa shape index (κ3) is 2.67. The van der Waals surface area contributed by atoms with Crippen LogP contribution in [0.1, 0.15) is 18.5 Å². The monoisotopic (exact) mass is 337 g/mol. The first-order chi connectivity index (χ1) is 10.5. The van der Waals surface area contributed by atoms with Crippen molar-refractivity contribution in [3.8, 4) is 0 Å². The van der Waals surface area contributed by atoms with Crippen LogP contribution in [0.15, 0.2) is 29.2 Å². The van der Waals surface area contributed by atoms with Crippen LogP contribution in [0.3, 0.4) is 0 Å². The quantitative estimate of drug-likeness (QED) is 0.769. The summed E-state index contributed by atoms with van der Waals surface area (Å²) in [7, 11) is 1.73. The molecule has 0 unspecified atom stereocenters. The van der Waals surface area contributed by atoms with Crippen LogP contribution in [0.5, 0.6) is 0 Å². The molecule has 0 saturated heterocycles. The molecule has 0 saturated carbocycles. The Labute approximate surface area is 136 Å². The van der Waals surface area contributed by atoms with Crippen molar-refractivity contribution in [1.29, 1.82) is 0 Å². The SMILES string of the molecule is C[C@@H](Nc1nc2c(cnn2C)c(=O)[nH]1)c1cc(Cl)ccc1Cl. The second kappa shape index (κ2) is 5.62. The lowest BCUT2D eigenvalue weighted by Crippen LogP contribution is -2.16. The van der Waals surface area contributed by atoms with Crippen molar-refractivity contribution >= 4 is 40.2 Å². The summed E-state index contributed by atoms with van der Waals surface area (Å²) in [6, 6.07) is 5.06. The van der Waals surface area contributed by atoms with E-state index in [2.05, 4.69) is 20.4 Å². The first-order valence-corrected chi connectivity index (χ1v) is 7.35. The van der Waals surface area contributed by atoms with Crippen molar-refractivity contribution < 1.29 is 0 Å². The average molecular weight is 338 g/mol. The molecule has 0 fully saturated rings. The fourth-order valence-corrected chi connectivity index (χ4v) is 2.69. The van der Waals surface area contributed by atoms with Crippen molar-refractivity contribution in [2.75, 3.05) is 5.32 Å². The molecule has 2 aromatic heterocycles. The minimum absolute atomic E-state index is 0.181. The van der Waals surface area contributed by atoms with E-state index >= 15 is 0 Å². The van der Waals surface area contributed by atoms with Crippen molar-refractivity contribution in [3.63, 3.8) is 0 Å². The molecule has 1 aromatic carbocycles. The number of hydrogen-bond donors (Lipinski definition) is 2. The first kappa shape index (κ1) is 14.9. The van der Waals surface area contributed by atoms with E-state index in [1.807, 2.05) is 6.92 Å². The predicted molar refractivity (Wildman–Crippen MR) is 87.6 cm³/mol. The number of nitrogens with zero attached hydrogens (tertiary/aromatic N) is 3. The van der Waals surface area contributed by atoms with Crippen molar-refractivity contribution in [2.24, 2.45) is 7.05 Å². The van der Waals surface area contributed by atoms with Crippen LogP contribution in [0, 0.1) is 0 Å². The molecule has 6 nitrogen and oxygen atoms in total. The zero-order valence-corrected chi connectivity index (χ0v) is 13.4. The Balaban J connectivity index is 1.97. The number of anilines is 1. The zero-order valence-electron chi connectivity index (χ0n) is 11.9. The highest BCUT2D eigenvalue weighted by molar-refractivity contribution is 6.33. The number of aromatic nitrogens is 4. The summed E-state index contributed by atoms with van der Waals surface area (Å²) < 4.78 is 1.55. The third-order valence-corrected chi connectivity index (χ3v) is 3.96. The van der Waals surface area contributed by atoms with Crippen molar-refractivity contribution in [3.05, 3.63) is 50.4 Å². The largest absolute Gasteiger partial charge is 0.349 e. The lowest BCUT2D eigenvalue weighted by atomic mass is 10.1. The molecule has 2 N–H and O–H groups in total. The van der Waals surface area contributed by atoms with Gasteiger partial charge in [-0.15, -0.1) is 0 Å². The summed E-state index contributed by atoms with van der Waals surface area (Å²) >= 11 is 12.2. The van der Waals surface area contributed by atoms with Gasteiger partial charge in [-0.05, 0) is 30.7 Å². The van der Waals surface area contributed by atoms with Gasteiger partial charge in [0, 0.05) is 17.1 Å². The maximum atomic E-state index is 12.0. The average Bonchev–Trinajstić information content (AvgIpc) is 2.84. The topological polar surface area (TPSA) is 75.6 Å². The van der Waals surface area contributed by atoms with E-state index in [9.17, 15) is 4.79 Å². The number of aromatic amines is 1. The molecule has 0 spiro atoms. The van der Waals surface area contributed by atoms with E-state index in [0.717, 1.165) is 5.56 Å². The molecule has 2 heterocycles. The minimum atomic E-state index is -0.245. The van der Waals surface area contributed by atoms with Crippen LogP contribution in [-0.4, -0.2) is 19.7 Å². The van der Waals surface area contributed by atoms with Gasteiger partial charge in [-0.1, -0.05) is 23.2 Å². The molecule has 0 aliphatic rings. The lowest BCUT2D eigenvalue weighted by Gasteiger charge is -2.16. The number of nitrogens with one attached hydrogen (secondary N) is 2. The number of rotatable bonds is 3. The molecule has 0 aliphatic heterocycles. The zero-order chi connectivity index (χ0) is 15.9. The summed E-state index contributed by atoms with van der Waals surface area (Å²) in [4.78, 5) is 19.1. The van der Waals surface area contributed by atoms with Gasteiger partial charge in [0.25, 0.3) is 5.56 Å². The third-order valence-electron chi connectivity index (χ3n) is 3.38. The standard InChI is InChI=1S/C14H13Cl2N5O/c1-7(9-5-8(15)3-4-11(9)16)18-14-19-12-10(13(22)20-14)6-17-21(12)2/h3-7H,1-2H3,(H2,18,19,20,22)/t7-/m1/s1. The van der Waals surface area contributed by atoms with Gasteiger partial charge >= 0.3 is 0 Å². The number of hydrogen-bond acceptors (Lipinski definition) is 4. The smallest absolute Gasteiger partial charge is 0.263 e. The van der Waals surface area contributed by atoms with E-state index in [-0.39, 0.29) is 11.6 Å². The van der Waals surface area contributed by atoms with Crippen LogP contribution in [0.25, 0.3) is 11.0 Å². The molecule has 3 rings (SSSR count). The Morgan fingerprint density at radius 2 is 2.14 bits per heavy atom. The first-order valence-electron chi connectivity index (χ1n) is 6.59. The van der Waals surface area contributed by atoms with Crippen LogP contribution >= 0.6 is 23.2 Å². The van der Waals surface area contributed by atoms with Crippen LogP contribution in [0.2, 0.25) is 10.0 Å². The highest BCUT2D eigenvalue weighted by atomic mass is 35.5. The van der Waals surface area contributed by atoms with Crippen molar-refractivity contribution in [1.82, 2.24) is 19.7 Å². The second-order valence-electron chi connectivity index (χ2n) is 4.95. The van der Waals surface area contributed by atoms with Gasteiger partial charge in [-0.3, -0.25) is 14.5 Å². The highest BCUT2D eigenvalue weighted by Crippen LogP contribution is 2.27. The van der Waals surface area contributed by atoms with E-state index in [1.54, 1.807) is 29.9 Å². The summed E-state index contributed by atoms with van der Waals surface area (Å²) in [5.74, 6) is 0.352. The van der Waals surface area contributed by atoms with E-state index < -0.39 is 0 Å². The molecule has 8 heteroatoms. The number of H-pyrrole nitrogens is 1. The number of fused-ring (bicyclic) bond motifs is 1. The Hall–Kier alpha value is -2.05. The molecule has 114 valence electrons. The van der Waals surface area contributed by atoms with Gasteiger partial charge in [0.05, 0.1) is 12.2 Å². The molecular formula is C14H13Cl2N5O. The molecule has 22 heavy (non-hydrogen) atoms. The normalized spacial score (nSPS) is 12.5. The molecule has 0 radical (unpaired) electrons. The summed E-state index contributed by atoms with van der Waals surface area (Å²) in [6.45, 7) is 1.91. The maximum Gasteiger partial charge on any atom is 0.263 e. The Morgan fingerprint density at radius 3 is 2.91 bits per heavy atom. The molecule has 0 bridgehead atoms. The fraction of sp³-hybridized carbons (Fsp3) is 0.214. The van der Waals surface area contributed by atoms with Gasteiger partial charge in [0.2, 0.25) is 5.95 Å². The molecule has 0 aliphatic carbocycles. The molecular weight excluding hydrogens is 325 g/mol. The Bertz CT molecular complexity index is 902. The second-order valence-corrected chi connectivity index (χ2v) is 5.80. The predicted octanol–water partition coefficient (Wildman–Crippen LogP) is 3.14. The van der Waals surface area contributed by atoms with Gasteiger partial charge in [-0.25, -0.2) is 0 Å². The highest BCUT2D eigenvalue weighted by Gasteiger charge is 2.13. The van der Waals surface area contributed by atoms with Gasteiger partial charge in [0.1, 0.15) is 5.39 Å². The molecule has 1 atom stereocenters.